The number of thiophene rings is 1. The lowest BCUT2D eigenvalue weighted by atomic mass is 10.4. The fraction of sp³-hybridized carbons (Fsp3) is 0.375. The van der Waals surface area contributed by atoms with Gasteiger partial charge in [0, 0.05) is 6.92 Å². The van der Waals surface area contributed by atoms with Crippen LogP contribution in [0.2, 0.25) is 0 Å². The first-order chi connectivity index (χ1) is 6.42. The monoisotopic (exact) mass is 217 g/mol. The number of hydrogen-bond donors (Lipinski definition) is 2. The van der Waals surface area contributed by atoms with E-state index in [1.165, 1.54) is 6.07 Å². The van der Waals surface area contributed by atoms with Crippen molar-refractivity contribution in [3.8, 4) is 6.07 Å². The van der Waals surface area contributed by atoms with Crippen molar-refractivity contribution >= 4 is 22.0 Å². The van der Waals surface area contributed by atoms with E-state index in [1.807, 2.05) is 6.07 Å². The lowest BCUT2D eigenvalue weighted by Crippen LogP contribution is -2.22. The minimum Gasteiger partial charge on any atom is -0.397 e. The van der Waals surface area contributed by atoms with Gasteiger partial charge in [0.1, 0.15) is 10.9 Å². The van der Waals surface area contributed by atoms with Gasteiger partial charge in [0.2, 0.25) is 0 Å². The van der Waals surface area contributed by atoms with Gasteiger partial charge in [-0.15, -0.1) is 11.3 Å². The molecule has 0 aromatic carbocycles. The summed E-state index contributed by atoms with van der Waals surface area (Å²) in [5, 5.41) is 11.6. The van der Waals surface area contributed by atoms with E-state index in [4.69, 9.17) is 11.0 Å². The molecule has 0 bridgehead atoms. The Morgan fingerprint density at radius 3 is 2.79 bits per heavy atom. The zero-order valence-corrected chi connectivity index (χ0v) is 8.29. The number of nitrogen functional groups attached to an aromatic ring is 1. The van der Waals surface area contributed by atoms with E-state index in [0.29, 0.717) is 15.6 Å². The van der Waals surface area contributed by atoms with Crippen LogP contribution in [0.25, 0.3) is 0 Å². The van der Waals surface area contributed by atoms with E-state index in [2.05, 4.69) is 5.32 Å². The van der Waals surface area contributed by atoms with E-state index in [-0.39, 0.29) is 0 Å². The molecule has 3 N–H and O–H groups in total. The molecule has 14 heavy (non-hydrogen) atoms. The molecule has 0 aliphatic rings. The van der Waals surface area contributed by atoms with Crippen molar-refractivity contribution in [1.82, 2.24) is 0 Å². The molecule has 0 radical (unpaired) electrons. The maximum absolute atomic E-state index is 12.4. The second-order valence-corrected chi connectivity index (χ2v) is 3.98. The Morgan fingerprint density at radius 2 is 2.36 bits per heavy atom. The van der Waals surface area contributed by atoms with Crippen LogP contribution in [0.15, 0.2) is 6.07 Å². The Bertz CT molecular complexity index is 362. The number of halogens is 2. The minimum atomic E-state index is -2.77. The number of nitriles is 1. The zero-order valence-electron chi connectivity index (χ0n) is 7.47. The number of anilines is 2. The van der Waals surface area contributed by atoms with Crippen LogP contribution in [0.1, 0.15) is 11.8 Å². The molecule has 3 nitrogen and oxygen atoms in total. The molecule has 0 aliphatic heterocycles. The summed E-state index contributed by atoms with van der Waals surface area (Å²) in [7, 11) is 0. The Kier molecular flexibility index (Phi) is 2.91. The summed E-state index contributed by atoms with van der Waals surface area (Å²) in [6, 6.07) is 3.36. The summed E-state index contributed by atoms with van der Waals surface area (Å²) in [5.41, 5.74) is 5.77. The molecular weight excluding hydrogens is 208 g/mol. The van der Waals surface area contributed by atoms with Crippen LogP contribution in [0.5, 0.6) is 0 Å². The number of nitrogens with two attached hydrogens (primary N) is 1. The predicted octanol–water partition coefficient (Wildman–Crippen LogP) is 2.27. The van der Waals surface area contributed by atoms with Crippen LogP contribution >= 0.6 is 11.3 Å². The summed E-state index contributed by atoms with van der Waals surface area (Å²) in [5.74, 6) is -2.77. The quantitative estimate of drug-likeness (QED) is 0.816. The third-order valence-electron chi connectivity index (χ3n) is 1.44. The molecule has 0 amide bonds. The van der Waals surface area contributed by atoms with Crippen molar-refractivity contribution in [2.24, 2.45) is 0 Å². The molecule has 1 heterocycles. The standard InChI is InChI=1S/C8H9F2N3S/c1-8(9,10)4-13-7-2-5(12)6(3-11)14-7/h2,13H,4,12H2,1H3. The third kappa shape index (κ3) is 2.85. The first-order valence-corrected chi connectivity index (χ1v) is 4.65. The maximum Gasteiger partial charge on any atom is 0.262 e. The van der Waals surface area contributed by atoms with Crippen molar-refractivity contribution in [1.29, 1.82) is 5.26 Å². The molecule has 0 atom stereocenters. The first kappa shape index (κ1) is 10.7. The normalized spacial score (nSPS) is 11.0. The van der Waals surface area contributed by atoms with Gasteiger partial charge in [0.25, 0.3) is 5.92 Å². The van der Waals surface area contributed by atoms with Gasteiger partial charge in [-0.25, -0.2) is 8.78 Å². The topological polar surface area (TPSA) is 61.8 Å². The summed E-state index contributed by atoms with van der Waals surface area (Å²) < 4.78 is 24.9. The molecule has 76 valence electrons. The second-order valence-electron chi connectivity index (χ2n) is 2.93. The highest BCUT2D eigenvalue weighted by Crippen LogP contribution is 2.28. The molecule has 0 saturated heterocycles. The molecular formula is C8H9F2N3S. The van der Waals surface area contributed by atoms with Gasteiger partial charge in [-0.3, -0.25) is 0 Å². The number of rotatable bonds is 3. The van der Waals surface area contributed by atoms with E-state index in [9.17, 15) is 8.78 Å². The van der Waals surface area contributed by atoms with Crippen LogP contribution in [0, 0.1) is 11.3 Å². The highest BCUT2D eigenvalue weighted by molar-refractivity contribution is 7.17. The van der Waals surface area contributed by atoms with Crippen molar-refractivity contribution in [2.45, 2.75) is 12.8 Å². The summed E-state index contributed by atoms with van der Waals surface area (Å²) in [6.07, 6.45) is 0. The summed E-state index contributed by atoms with van der Waals surface area (Å²) >= 11 is 1.07. The highest BCUT2D eigenvalue weighted by atomic mass is 32.1. The smallest absolute Gasteiger partial charge is 0.262 e. The minimum absolute atomic E-state index is 0.319. The van der Waals surface area contributed by atoms with Crippen LogP contribution in [-0.2, 0) is 0 Å². The molecule has 1 aromatic rings. The Labute approximate surface area is 84.1 Å². The predicted molar refractivity (Wildman–Crippen MR) is 52.6 cm³/mol. The number of nitrogens with zero attached hydrogens (tertiary/aromatic N) is 1. The third-order valence-corrected chi connectivity index (χ3v) is 2.45. The molecule has 6 heteroatoms. The van der Waals surface area contributed by atoms with Gasteiger partial charge < -0.3 is 11.1 Å². The van der Waals surface area contributed by atoms with E-state index >= 15 is 0 Å². The summed E-state index contributed by atoms with van der Waals surface area (Å²) in [6.45, 7) is 0.361. The molecule has 0 fully saturated rings. The fourth-order valence-corrected chi connectivity index (χ4v) is 1.59. The van der Waals surface area contributed by atoms with Gasteiger partial charge in [-0.2, -0.15) is 5.26 Å². The van der Waals surface area contributed by atoms with Crippen molar-refractivity contribution < 1.29 is 8.78 Å². The van der Waals surface area contributed by atoms with Gasteiger partial charge in [-0.1, -0.05) is 0 Å². The molecule has 0 spiro atoms. The van der Waals surface area contributed by atoms with Crippen LogP contribution in [0.3, 0.4) is 0 Å². The van der Waals surface area contributed by atoms with Crippen LogP contribution in [-0.4, -0.2) is 12.5 Å². The van der Waals surface area contributed by atoms with Crippen molar-refractivity contribution in [3.63, 3.8) is 0 Å². The second kappa shape index (κ2) is 3.80. The first-order valence-electron chi connectivity index (χ1n) is 3.83. The average Bonchev–Trinajstić information content (AvgIpc) is 2.42. The number of nitrogens with one attached hydrogen (secondary N) is 1. The van der Waals surface area contributed by atoms with Gasteiger partial charge in [0.05, 0.1) is 17.2 Å². The van der Waals surface area contributed by atoms with E-state index in [1.54, 1.807) is 0 Å². The number of hydrogen-bond acceptors (Lipinski definition) is 4. The lowest BCUT2D eigenvalue weighted by Gasteiger charge is -2.10. The Hall–Kier alpha value is -1.35. The van der Waals surface area contributed by atoms with Crippen molar-refractivity contribution in [2.75, 3.05) is 17.6 Å². The molecule has 0 aliphatic carbocycles. The van der Waals surface area contributed by atoms with E-state index < -0.39 is 12.5 Å². The Balaban J connectivity index is 2.66. The average molecular weight is 217 g/mol. The molecule has 1 rings (SSSR count). The molecule has 0 saturated carbocycles. The van der Waals surface area contributed by atoms with Gasteiger partial charge in [0.15, 0.2) is 0 Å². The van der Waals surface area contributed by atoms with Gasteiger partial charge in [-0.05, 0) is 6.07 Å². The number of alkyl halides is 2. The van der Waals surface area contributed by atoms with Crippen LogP contribution in [0.4, 0.5) is 19.5 Å². The Morgan fingerprint density at radius 1 is 1.71 bits per heavy atom. The highest BCUT2D eigenvalue weighted by Gasteiger charge is 2.20. The maximum atomic E-state index is 12.4. The van der Waals surface area contributed by atoms with Crippen LogP contribution < -0.4 is 11.1 Å². The fourth-order valence-electron chi connectivity index (χ4n) is 0.822. The zero-order chi connectivity index (χ0) is 10.8. The SMILES string of the molecule is CC(F)(F)CNc1cc(N)c(C#N)s1. The van der Waals surface area contributed by atoms with E-state index in [0.717, 1.165) is 18.3 Å². The lowest BCUT2D eigenvalue weighted by molar-refractivity contribution is 0.0368. The largest absolute Gasteiger partial charge is 0.397 e. The van der Waals surface area contributed by atoms with Gasteiger partial charge >= 0.3 is 0 Å². The van der Waals surface area contributed by atoms with Crippen molar-refractivity contribution in [3.05, 3.63) is 10.9 Å². The summed E-state index contributed by atoms with van der Waals surface area (Å²) in [4.78, 5) is 0.340. The molecule has 1 aromatic heterocycles. The molecule has 0 unspecified atom stereocenters.